The zero-order valence-electron chi connectivity index (χ0n) is 36.0. The maximum Gasteiger partial charge on any atom is 0.286 e. The third-order valence-electron chi connectivity index (χ3n) is 11.9. The summed E-state index contributed by atoms with van der Waals surface area (Å²) >= 11 is 20.4. The number of likely N-dealkylation sites (tertiary alicyclic amines) is 1. The van der Waals surface area contributed by atoms with E-state index >= 15 is 0 Å². The standard InChI is InChI=1S/C25H22Cl2FN3O3S.C24H22ClFN4OS/c26-18-6-9-22(21(27)13-18)31-24-17(12-16-4-7-19(28)8-5-16)14-35(33,34)15-20(24)23(29-31)25(32)30-10-2-1-3-11-30;25-18-5-9-20(10-6-18)30-23-17(13-16-3-7-19(26)8-4-16)14-32-15-21(23)22(27-30)24(31)28-29-11-1-2-12-29/h4-9,12-13H,1-3,10-11,14-15H2;3-10,13H,1-2,11-12,14-15H2,(H,28,31)/b17-12+;17-13+. The molecule has 4 aromatic carbocycles. The number of thioether (sulfide) groups is 1. The second-order valence-corrected chi connectivity index (χ2v) is 21.0. The summed E-state index contributed by atoms with van der Waals surface area (Å²) in [4.78, 5) is 28.4. The molecule has 4 aliphatic rings. The average molecular weight is 1000 g/mol. The first-order valence-electron chi connectivity index (χ1n) is 21.8. The fourth-order valence-corrected chi connectivity index (χ4v) is 11.8. The van der Waals surface area contributed by atoms with Crippen LogP contribution >= 0.6 is 46.6 Å². The van der Waals surface area contributed by atoms with Gasteiger partial charge in [0.1, 0.15) is 11.6 Å². The quantitative estimate of drug-likeness (QED) is 0.168. The molecular formula is C49H44Cl3F2N7O4S2. The van der Waals surface area contributed by atoms with Crippen molar-refractivity contribution in [1.82, 2.24) is 34.9 Å². The smallest absolute Gasteiger partial charge is 0.286 e. The molecule has 0 unspecified atom stereocenters. The van der Waals surface area contributed by atoms with E-state index in [1.54, 1.807) is 65.2 Å². The maximum absolute atomic E-state index is 13.5. The minimum atomic E-state index is -3.57. The number of fused-ring (bicyclic) bond motifs is 2. The van der Waals surface area contributed by atoms with Crippen LogP contribution < -0.4 is 5.43 Å². The van der Waals surface area contributed by atoms with E-state index in [2.05, 4.69) is 10.5 Å². The van der Waals surface area contributed by atoms with Crippen LogP contribution in [0.5, 0.6) is 0 Å². The van der Waals surface area contributed by atoms with Gasteiger partial charge < -0.3 is 4.90 Å². The molecule has 18 heteroatoms. The Labute approximate surface area is 406 Å². The van der Waals surface area contributed by atoms with Crippen LogP contribution in [0.3, 0.4) is 0 Å². The van der Waals surface area contributed by atoms with E-state index < -0.39 is 15.7 Å². The Morgan fingerprint density at radius 2 is 1.22 bits per heavy atom. The number of carbonyl (C=O) groups is 2. The highest BCUT2D eigenvalue weighted by molar-refractivity contribution is 7.99. The van der Waals surface area contributed by atoms with Crippen LogP contribution in [-0.4, -0.2) is 87.4 Å². The van der Waals surface area contributed by atoms with Gasteiger partial charge in [0.05, 0.1) is 39.3 Å². The minimum absolute atomic E-state index is 0.112. The predicted molar refractivity (Wildman–Crippen MR) is 262 cm³/mol. The van der Waals surface area contributed by atoms with E-state index in [1.165, 1.54) is 28.9 Å². The summed E-state index contributed by atoms with van der Waals surface area (Å²) in [6, 6.07) is 24.5. The molecule has 0 saturated carbocycles. The molecular weight excluding hydrogens is 959 g/mol. The van der Waals surface area contributed by atoms with Gasteiger partial charge in [0.25, 0.3) is 11.8 Å². The summed E-state index contributed by atoms with van der Waals surface area (Å²) in [5.74, 6) is -0.199. The molecule has 11 nitrogen and oxygen atoms in total. The highest BCUT2D eigenvalue weighted by Gasteiger charge is 2.37. The molecule has 1 N–H and O–H groups in total. The first-order chi connectivity index (χ1) is 32.3. The van der Waals surface area contributed by atoms with E-state index in [1.807, 2.05) is 40.0 Å². The zero-order chi connectivity index (χ0) is 46.8. The van der Waals surface area contributed by atoms with Crippen molar-refractivity contribution in [1.29, 1.82) is 0 Å². The number of nitrogens with zero attached hydrogens (tertiary/aromatic N) is 6. The first-order valence-corrected chi connectivity index (χ1v) is 25.9. The fourth-order valence-electron chi connectivity index (χ4n) is 8.70. The van der Waals surface area contributed by atoms with Gasteiger partial charge in [-0.3, -0.25) is 15.0 Å². The highest BCUT2D eigenvalue weighted by atomic mass is 35.5. The Morgan fingerprint density at radius 1 is 0.642 bits per heavy atom. The third-order valence-corrected chi connectivity index (χ3v) is 15.2. The van der Waals surface area contributed by atoms with Crippen LogP contribution in [0.2, 0.25) is 15.1 Å². The van der Waals surface area contributed by atoms with Gasteiger partial charge in [0.2, 0.25) is 0 Å². The molecule has 0 bridgehead atoms. The van der Waals surface area contributed by atoms with E-state index in [0.717, 1.165) is 79.0 Å². The molecule has 6 aromatic rings. The molecule has 0 aliphatic carbocycles. The number of hydrazine groups is 1. The molecule has 2 saturated heterocycles. The highest BCUT2D eigenvalue weighted by Crippen LogP contribution is 2.39. The van der Waals surface area contributed by atoms with Crippen LogP contribution in [-0.2, 0) is 21.3 Å². The number of piperidine rings is 1. The molecule has 2 amide bonds. The largest absolute Gasteiger partial charge is 0.337 e. The van der Waals surface area contributed by atoms with Crippen molar-refractivity contribution in [2.45, 2.75) is 43.6 Å². The number of nitrogens with one attached hydrogen (secondary N) is 1. The van der Waals surface area contributed by atoms with Gasteiger partial charge in [-0.25, -0.2) is 31.6 Å². The second kappa shape index (κ2) is 20.1. The number of hydrogen-bond donors (Lipinski definition) is 1. The van der Waals surface area contributed by atoms with Gasteiger partial charge >= 0.3 is 0 Å². The van der Waals surface area contributed by atoms with Crippen LogP contribution in [0.25, 0.3) is 34.7 Å². The van der Waals surface area contributed by atoms with Crippen molar-refractivity contribution < 1.29 is 26.8 Å². The molecule has 0 spiro atoms. The molecule has 346 valence electrons. The second-order valence-electron chi connectivity index (χ2n) is 16.7. The lowest BCUT2D eigenvalue weighted by atomic mass is 10.0. The number of rotatable bonds is 7. The van der Waals surface area contributed by atoms with Gasteiger partial charge in [-0.05, 0) is 133 Å². The van der Waals surface area contributed by atoms with E-state index in [4.69, 9.17) is 39.9 Å². The van der Waals surface area contributed by atoms with E-state index in [-0.39, 0.29) is 34.8 Å². The van der Waals surface area contributed by atoms with Crippen molar-refractivity contribution in [3.8, 4) is 11.4 Å². The molecule has 10 rings (SSSR count). The van der Waals surface area contributed by atoms with Gasteiger partial charge in [-0.2, -0.15) is 22.0 Å². The maximum atomic E-state index is 13.5. The van der Waals surface area contributed by atoms with Gasteiger partial charge in [-0.1, -0.05) is 59.1 Å². The zero-order valence-corrected chi connectivity index (χ0v) is 39.9. The Balaban J connectivity index is 0.000000169. The van der Waals surface area contributed by atoms with Crippen molar-refractivity contribution in [2.75, 3.05) is 37.7 Å². The Bertz CT molecular complexity index is 3020. The van der Waals surface area contributed by atoms with Crippen molar-refractivity contribution in [3.63, 3.8) is 0 Å². The molecule has 4 aliphatic heterocycles. The number of benzene rings is 4. The number of halogens is 5. The summed E-state index contributed by atoms with van der Waals surface area (Å²) in [7, 11) is -3.57. The summed E-state index contributed by atoms with van der Waals surface area (Å²) < 4.78 is 56.2. The third kappa shape index (κ3) is 10.6. The number of aromatic nitrogens is 4. The summed E-state index contributed by atoms with van der Waals surface area (Å²) in [6.07, 6.45) is 8.73. The molecule has 6 heterocycles. The lowest BCUT2D eigenvalue weighted by Gasteiger charge is -2.26. The average Bonchev–Trinajstić information content (AvgIpc) is 4.07. The molecule has 2 fully saturated rings. The number of sulfone groups is 1. The minimum Gasteiger partial charge on any atom is -0.337 e. The summed E-state index contributed by atoms with van der Waals surface area (Å²) in [6.45, 7) is 2.92. The van der Waals surface area contributed by atoms with E-state index in [9.17, 15) is 26.8 Å². The van der Waals surface area contributed by atoms with Crippen LogP contribution in [0.15, 0.2) is 91.0 Å². The Morgan fingerprint density at radius 3 is 1.87 bits per heavy atom. The van der Waals surface area contributed by atoms with Crippen LogP contribution in [0.4, 0.5) is 8.78 Å². The number of carbonyl (C=O) groups excluding carboxylic acids is 2. The number of hydrogen-bond acceptors (Lipinski definition) is 8. The lowest BCUT2D eigenvalue weighted by Crippen LogP contribution is -2.40. The van der Waals surface area contributed by atoms with Crippen LogP contribution in [0.1, 0.15) is 86.7 Å². The van der Waals surface area contributed by atoms with Gasteiger partial charge in [0, 0.05) is 58.9 Å². The Kier molecular flexibility index (Phi) is 14.1. The monoisotopic (exact) mass is 1000 g/mol. The fraction of sp³-hybridized carbons (Fsp3) is 0.265. The SMILES string of the molecule is O=C(NN1CCCC1)c1nn(-c2ccc(Cl)cc2)c2c1CSC/C2=C\c1ccc(F)cc1.O=C(c1nn(-c2ccc(Cl)cc2Cl)c2c1CS(=O)(=O)C/C2=C\c1ccc(F)cc1)N1CCCCC1. The molecule has 0 radical (unpaired) electrons. The topological polar surface area (TPSA) is 122 Å². The van der Waals surface area contributed by atoms with Crippen molar-refractivity contribution >= 4 is 91.5 Å². The van der Waals surface area contributed by atoms with Gasteiger partial charge in [0.15, 0.2) is 21.2 Å². The molecule has 0 atom stereocenters. The van der Waals surface area contributed by atoms with Gasteiger partial charge in [-0.15, -0.1) is 0 Å². The normalized spacial score (nSPS) is 18.0. The summed E-state index contributed by atoms with van der Waals surface area (Å²) in [5.41, 5.74) is 10.6. The first kappa shape index (κ1) is 46.8. The van der Waals surface area contributed by atoms with E-state index in [0.29, 0.717) is 67.7 Å². The van der Waals surface area contributed by atoms with Crippen molar-refractivity contribution in [3.05, 3.63) is 163 Å². The summed E-state index contributed by atoms with van der Waals surface area (Å²) in [5, 5.41) is 12.7. The van der Waals surface area contributed by atoms with Crippen LogP contribution in [0, 0.1) is 11.6 Å². The number of amides is 2. The lowest BCUT2D eigenvalue weighted by molar-refractivity contribution is 0.0716. The molecule has 67 heavy (non-hydrogen) atoms. The molecule has 2 aromatic heterocycles. The Hall–Kier alpha value is -5.29. The predicted octanol–water partition coefficient (Wildman–Crippen LogP) is 10.6. The van der Waals surface area contributed by atoms with Crippen molar-refractivity contribution in [2.24, 2.45) is 0 Å².